The minimum absolute atomic E-state index is 0.00216. The number of unbranched alkanes of at least 4 members (excludes halogenated alkanes) is 1. The van der Waals surface area contributed by atoms with Crippen molar-refractivity contribution >= 4 is 17.2 Å². The Morgan fingerprint density at radius 1 is 1.03 bits per heavy atom. The van der Waals surface area contributed by atoms with Crippen LogP contribution in [0.3, 0.4) is 0 Å². The van der Waals surface area contributed by atoms with Crippen molar-refractivity contribution in [3.8, 4) is 0 Å². The summed E-state index contributed by atoms with van der Waals surface area (Å²) in [7, 11) is 0. The summed E-state index contributed by atoms with van der Waals surface area (Å²) in [4.78, 5) is 15.6. The SMILES string of the molecule is CCC/C=C/N(/C=C(/C(N)=O)c1cncc(F)c1)/N=C(\C)c1cc(C(F)(F)F)cc(C(F)(F)F)c1. The van der Waals surface area contributed by atoms with E-state index in [1.54, 1.807) is 6.08 Å². The number of allylic oxidation sites excluding steroid dienone is 1. The van der Waals surface area contributed by atoms with Crippen LogP contribution in [-0.2, 0) is 17.1 Å². The summed E-state index contributed by atoms with van der Waals surface area (Å²) in [6.45, 7) is 3.07. The molecule has 0 aliphatic carbocycles. The summed E-state index contributed by atoms with van der Waals surface area (Å²) in [5, 5.41) is 5.07. The Bertz CT molecular complexity index is 1120. The minimum Gasteiger partial charge on any atom is -0.366 e. The first-order valence-corrected chi connectivity index (χ1v) is 10.1. The Balaban J connectivity index is 2.64. The molecule has 0 unspecified atom stereocenters. The molecule has 1 heterocycles. The first-order valence-electron chi connectivity index (χ1n) is 10.1. The molecule has 1 aromatic carbocycles. The molecule has 0 saturated heterocycles. The molecule has 0 radical (unpaired) electrons. The van der Waals surface area contributed by atoms with Gasteiger partial charge in [0.2, 0.25) is 0 Å². The van der Waals surface area contributed by atoms with Crippen molar-refractivity contribution in [1.29, 1.82) is 0 Å². The lowest BCUT2D eigenvalue weighted by molar-refractivity contribution is -0.143. The van der Waals surface area contributed by atoms with E-state index in [9.17, 15) is 35.5 Å². The maximum Gasteiger partial charge on any atom is 0.416 e. The monoisotopic (exact) mass is 502 g/mol. The number of rotatable bonds is 8. The minimum atomic E-state index is -5.03. The molecule has 0 aliphatic rings. The Morgan fingerprint density at radius 2 is 1.63 bits per heavy atom. The van der Waals surface area contributed by atoms with Crippen LogP contribution in [0.5, 0.6) is 0 Å². The number of amides is 1. The molecule has 0 bridgehead atoms. The van der Waals surface area contributed by atoms with Gasteiger partial charge in [-0.3, -0.25) is 9.78 Å². The number of benzene rings is 1. The number of hydrazone groups is 1. The van der Waals surface area contributed by atoms with Gasteiger partial charge in [-0.25, -0.2) is 9.40 Å². The molecule has 0 saturated carbocycles. The van der Waals surface area contributed by atoms with E-state index in [4.69, 9.17) is 5.73 Å². The molecule has 12 heteroatoms. The summed E-state index contributed by atoms with van der Waals surface area (Å²) in [5.74, 6) is -1.75. The van der Waals surface area contributed by atoms with Crippen LogP contribution in [0.1, 0.15) is 48.9 Å². The van der Waals surface area contributed by atoms with Crippen LogP contribution in [-0.4, -0.2) is 21.6 Å². The molecule has 2 aromatic rings. The molecule has 0 atom stereocenters. The van der Waals surface area contributed by atoms with Gasteiger partial charge in [-0.05, 0) is 43.2 Å². The molecule has 5 nitrogen and oxygen atoms in total. The summed E-state index contributed by atoms with van der Waals surface area (Å²) >= 11 is 0. The van der Waals surface area contributed by atoms with Crippen molar-refractivity contribution in [2.24, 2.45) is 10.8 Å². The zero-order chi connectivity index (χ0) is 26.4. The van der Waals surface area contributed by atoms with E-state index in [1.807, 2.05) is 6.92 Å². The topological polar surface area (TPSA) is 71.6 Å². The number of primary amides is 1. The van der Waals surface area contributed by atoms with E-state index in [0.29, 0.717) is 18.6 Å². The number of hydrogen-bond acceptors (Lipinski definition) is 4. The van der Waals surface area contributed by atoms with E-state index in [0.717, 1.165) is 36.1 Å². The highest BCUT2D eigenvalue weighted by Gasteiger charge is 2.37. The third-order valence-corrected chi connectivity index (χ3v) is 4.53. The van der Waals surface area contributed by atoms with E-state index in [-0.39, 0.29) is 22.9 Å². The van der Waals surface area contributed by atoms with Crippen LogP contribution in [0.25, 0.3) is 5.57 Å². The van der Waals surface area contributed by atoms with Gasteiger partial charge in [0.15, 0.2) is 0 Å². The molecule has 1 aromatic heterocycles. The van der Waals surface area contributed by atoms with Gasteiger partial charge in [0.1, 0.15) is 5.82 Å². The fraction of sp³-hybridized carbons (Fsp3) is 0.261. The normalized spacial score (nSPS) is 13.4. The third kappa shape index (κ3) is 7.94. The van der Waals surface area contributed by atoms with Gasteiger partial charge in [-0.2, -0.15) is 31.4 Å². The summed E-state index contributed by atoms with van der Waals surface area (Å²) in [6, 6.07) is 2.07. The lowest BCUT2D eigenvalue weighted by Gasteiger charge is -2.16. The summed E-state index contributed by atoms with van der Waals surface area (Å²) in [5.41, 5.74) is 1.49. The van der Waals surface area contributed by atoms with Crippen molar-refractivity contribution in [2.45, 2.75) is 39.0 Å². The zero-order valence-electron chi connectivity index (χ0n) is 18.6. The average molecular weight is 502 g/mol. The second-order valence-corrected chi connectivity index (χ2v) is 7.33. The van der Waals surface area contributed by atoms with Gasteiger partial charge in [-0.15, -0.1) is 0 Å². The zero-order valence-corrected chi connectivity index (χ0v) is 18.6. The molecule has 35 heavy (non-hydrogen) atoms. The molecular formula is C23H21F7N4O. The summed E-state index contributed by atoms with van der Waals surface area (Å²) < 4.78 is 92.9. The highest BCUT2D eigenvalue weighted by atomic mass is 19.4. The van der Waals surface area contributed by atoms with Crippen LogP contribution in [0.2, 0.25) is 0 Å². The number of pyridine rings is 1. The number of aromatic nitrogens is 1. The molecule has 188 valence electrons. The molecule has 0 fully saturated rings. The largest absolute Gasteiger partial charge is 0.416 e. The number of carbonyl (C=O) groups excluding carboxylic acids is 1. The van der Waals surface area contributed by atoms with Gasteiger partial charge >= 0.3 is 12.4 Å². The molecule has 2 N–H and O–H groups in total. The Morgan fingerprint density at radius 3 is 2.11 bits per heavy atom. The van der Waals surface area contributed by atoms with Crippen LogP contribution in [0.4, 0.5) is 30.7 Å². The molecule has 0 aliphatic heterocycles. The fourth-order valence-electron chi connectivity index (χ4n) is 2.82. The van der Waals surface area contributed by atoms with Crippen LogP contribution < -0.4 is 5.73 Å². The molecule has 2 rings (SSSR count). The number of alkyl halides is 6. The Labute approximate surface area is 196 Å². The van der Waals surface area contributed by atoms with Gasteiger partial charge in [-0.1, -0.05) is 19.4 Å². The van der Waals surface area contributed by atoms with Gasteiger partial charge in [0.05, 0.1) is 28.6 Å². The predicted octanol–water partition coefficient (Wildman–Crippen LogP) is 6.12. The highest BCUT2D eigenvalue weighted by Crippen LogP contribution is 2.36. The van der Waals surface area contributed by atoms with Crippen molar-refractivity contribution in [2.75, 3.05) is 0 Å². The predicted molar refractivity (Wildman–Crippen MR) is 116 cm³/mol. The molecule has 0 spiro atoms. The number of nitrogens with zero attached hydrogens (tertiary/aromatic N) is 3. The molecular weight excluding hydrogens is 481 g/mol. The van der Waals surface area contributed by atoms with E-state index < -0.39 is 40.8 Å². The van der Waals surface area contributed by atoms with Crippen molar-refractivity contribution in [3.05, 3.63) is 83.2 Å². The smallest absolute Gasteiger partial charge is 0.366 e. The van der Waals surface area contributed by atoms with Crippen molar-refractivity contribution in [3.63, 3.8) is 0 Å². The first kappa shape index (κ1) is 27.5. The van der Waals surface area contributed by atoms with Gasteiger partial charge in [0.25, 0.3) is 5.91 Å². The van der Waals surface area contributed by atoms with E-state index in [2.05, 4.69) is 10.1 Å². The third-order valence-electron chi connectivity index (χ3n) is 4.53. The van der Waals surface area contributed by atoms with Crippen LogP contribution in [0.15, 0.2) is 60.2 Å². The van der Waals surface area contributed by atoms with Crippen LogP contribution >= 0.6 is 0 Å². The van der Waals surface area contributed by atoms with Gasteiger partial charge < -0.3 is 5.73 Å². The summed E-state index contributed by atoms with van der Waals surface area (Å²) in [6.07, 6.45) is -2.69. The number of nitrogens with two attached hydrogens (primary N) is 1. The average Bonchev–Trinajstić information content (AvgIpc) is 2.75. The van der Waals surface area contributed by atoms with E-state index in [1.165, 1.54) is 13.1 Å². The van der Waals surface area contributed by atoms with Crippen molar-refractivity contribution < 1.29 is 35.5 Å². The Kier molecular flexibility index (Phi) is 8.77. The second kappa shape index (κ2) is 11.2. The lowest BCUT2D eigenvalue weighted by atomic mass is 10.0. The Hall–Kier alpha value is -3.70. The van der Waals surface area contributed by atoms with Crippen molar-refractivity contribution in [1.82, 2.24) is 9.99 Å². The first-order chi connectivity index (χ1) is 16.2. The molecule has 1 amide bonds. The fourth-order valence-corrected chi connectivity index (χ4v) is 2.82. The number of halogens is 7. The quantitative estimate of drug-likeness (QED) is 0.205. The van der Waals surface area contributed by atoms with Gasteiger partial charge in [0, 0.05) is 24.2 Å². The number of hydrogen-bond donors (Lipinski definition) is 1. The maximum atomic E-state index is 13.6. The highest BCUT2D eigenvalue weighted by molar-refractivity contribution is 6.18. The van der Waals surface area contributed by atoms with Crippen LogP contribution in [0, 0.1) is 5.82 Å². The lowest BCUT2D eigenvalue weighted by Crippen LogP contribution is -2.17. The second-order valence-electron chi connectivity index (χ2n) is 7.33. The maximum absolute atomic E-state index is 13.6. The standard InChI is InChI=1S/C23H21F7N4O/c1-3-4-5-6-34(13-20(21(31)35)16-9-19(24)12-32-11-16)33-14(2)15-7-17(22(25,26)27)10-18(8-15)23(28,29)30/h5-13H,3-4H2,1-2H3,(H2,31,35)/b6-5+,20-13+,33-14+. The number of carbonyl (C=O) groups is 1. The van der Waals surface area contributed by atoms with E-state index >= 15 is 0 Å².